The minimum Gasteiger partial charge on any atom is -0.347 e. The fourth-order valence-corrected chi connectivity index (χ4v) is 4.03. The topological polar surface area (TPSA) is 54.3 Å². The monoisotopic (exact) mass is 445 g/mol. The third-order valence-corrected chi connectivity index (χ3v) is 5.43. The van der Waals surface area contributed by atoms with Crippen LogP contribution in [0, 0.1) is 11.8 Å². The van der Waals surface area contributed by atoms with Gasteiger partial charge in [0.05, 0.1) is 0 Å². The summed E-state index contributed by atoms with van der Waals surface area (Å²) in [6.45, 7) is 12.6. The average Bonchev–Trinajstić information content (AvgIpc) is 3.15. The van der Waals surface area contributed by atoms with Crippen molar-refractivity contribution in [1.82, 2.24) is 14.8 Å². The molecule has 0 saturated heterocycles. The largest absolute Gasteiger partial charge is 0.347 e. The van der Waals surface area contributed by atoms with Crippen LogP contribution in [0.25, 0.3) is 17.0 Å². The summed E-state index contributed by atoms with van der Waals surface area (Å²) in [5.74, 6) is 0.194. The first-order valence-corrected chi connectivity index (χ1v) is 11.7. The second kappa shape index (κ2) is 11.0. The number of carbonyl (C=O) groups excluding carboxylic acids is 2. The highest BCUT2D eigenvalue weighted by molar-refractivity contribution is 6.06. The van der Waals surface area contributed by atoms with E-state index in [1.54, 1.807) is 12.1 Å². The third-order valence-electron chi connectivity index (χ3n) is 5.43. The third kappa shape index (κ3) is 6.13. The second-order valence-electron chi connectivity index (χ2n) is 9.26. The molecule has 1 N–H and O–H groups in total. The fourth-order valence-electron chi connectivity index (χ4n) is 4.03. The van der Waals surface area contributed by atoms with Gasteiger partial charge < -0.3 is 14.8 Å². The smallest absolute Gasteiger partial charge is 0.270 e. The van der Waals surface area contributed by atoms with Crippen molar-refractivity contribution < 1.29 is 9.59 Å². The number of benzene rings is 2. The maximum Gasteiger partial charge on any atom is 0.270 e. The van der Waals surface area contributed by atoms with Gasteiger partial charge in [-0.25, -0.2) is 0 Å². The summed E-state index contributed by atoms with van der Waals surface area (Å²) >= 11 is 0. The molecule has 33 heavy (non-hydrogen) atoms. The summed E-state index contributed by atoms with van der Waals surface area (Å²) in [7, 11) is 0. The molecule has 0 aliphatic rings. The van der Waals surface area contributed by atoms with Crippen molar-refractivity contribution in [3.8, 4) is 0 Å². The number of para-hydroxylation sites is 1. The van der Waals surface area contributed by atoms with Crippen LogP contribution in [0.4, 0.5) is 0 Å². The molecule has 0 radical (unpaired) electrons. The minimum atomic E-state index is -0.288. The van der Waals surface area contributed by atoms with Crippen LogP contribution in [0.5, 0.6) is 0 Å². The Morgan fingerprint density at radius 3 is 2.15 bits per heavy atom. The van der Waals surface area contributed by atoms with Gasteiger partial charge in [0.2, 0.25) is 0 Å². The van der Waals surface area contributed by atoms with Crippen LogP contribution >= 0.6 is 0 Å². The van der Waals surface area contributed by atoms with Gasteiger partial charge in [-0.2, -0.15) is 0 Å². The Bertz CT molecular complexity index is 1120. The van der Waals surface area contributed by atoms with Crippen molar-refractivity contribution >= 4 is 28.8 Å². The molecule has 2 aromatic carbocycles. The van der Waals surface area contributed by atoms with Crippen molar-refractivity contribution in [2.45, 2.75) is 41.2 Å². The molecule has 174 valence electrons. The van der Waals surface area contributed by atoms with Crippen molar-refractivity contribution in [1.29, 1.82) is 0 Å². The van der Waals surface area contributed by atoms with E-state index in [9.17, 15) is 9.59 Å². The number of carbonyl (C=O) groups is 2. The van der Waals surface area contributed by atoms with Gasteiger partial charge in [-0.1, -0.05) is 64.1 Å². The quantitative estimate of drug-likeness (QED) is 0.438. The number of aryl methyl sites for hydroxylation is 1. The number of aromatic nitrogens is 1. The summed E-state index contributed by atoms with van der Waals surface area (Å²) < 4.78 is 2.16. The van der Waals surface area contributed by atoms with Gasteiger partial charge in [0.1, 0.15) is 5.70 Å². The molecule has 2 amide bonds. The Morgan fingerprint density at radius 1 is 0.939 bits per heavy atom. The minimum absolute atomic E-state index is 0.157. The fraction of sp³-hybridized carbons (Fsp3) is 0.357. The van der Waals surface area contributed by atoms with Crippen LogP contribution in [-0.2, 0) is 11.3 Å². The van der Waals surface area contributed by atoms with Crippen molar-refractivity contribution in [3.05, 3.63) is 77.6 Å². The zero-order valence-electron chi connectivity index (χ0n) is 20.3. The standard InChI is InChI=1S/C28H35N3O2/c1-6-30-19-23(24-14-10-11-15-26(24)30)16-25(29-27(32)22-12-8-7-9-13-22)28(33)31(17-20(2)3)18-21(4)5/h7-16,19-21H,6,17-18H2,1-5H3,(H,29,32)/b25-16-. The molecular formula is C28H35N3O2. The van der Waals surface area contributed by atoms with E-state index in [1.807, 2.05) is 47.5 Å². The van der Waals surface area contributed by atoms with Gasteiger partial charge in [0.15, 0.2) is 0 Å². The second-order valence-corrected chi connectivity index (χ2v) is 9.26. The lowest BCUT2D eigenvalue weighted by molar-refractivity contribution is -0.128. The van der Waals surface area contributed by atoms with E-state index in [4.69, 9.17) is 0 Å². The lowest BCUT2D eigenvalue weighted by Gasteiger charge is -2.27. The van der Waals surface area contributed by atoms with E-state index in [-0.39, 0.29) is 11.8 Å². The highest BCUT2D eigenvalue weighted by atomic mass is 16.2. The molecule has 0 bridgehead atoms. The number of fused-ring (bicyclic) bond motifs is 1. The highest BCUT2D eigenvalue weighted by Crippen LogP contribution is 2.24. The first-order valence-electron chi connectivity index (χ1n) is 11.7. The number of hydrogen-bond acceptors (Lipinski definition) is 2. The Balaban J connectivity index is 2.06. The Kier molecular flexibility index (Phi) is 8.10. The average molecular weight is 446 g/mol. The predicted octanol–water partition coefficient (Wildman–Crippen LogP) is 5.57. The molecule has 1 aromatic heterocycles. The first kappa shape index (κ1) is 24.3. The number of hydrogen-bond donors (Lipinski definition) is 1. The highest BCUT2D eigenvalue weighted by Gasteiger charge is 2.23. The number of nitrogens with one attached hydrogen (secondary N) is 1. The Labute approximate surface area is 197 Å². The molecule has 0 atom stereocenters. The molecule has 0 unspecified atom stereocenters. The normalized spacial score (nSPS) is 11.9. The van der Waals surface area contributed by atoms with Crippen molar-refractivity contribution in [2.24, 2.45) is 11.8 Å². The van der Waals surface area contributed by atoms with Crippen LogP contribution in [0.15, 0.2) is 66.5 Å². The van der Waals surface area contributed by atoms with Crippen LogP contribution in [0.2, 0.25) is 0 Å². The lowest BCUT2D eigenvalue weighted by atomic mass is 10.1. The SMILES string of the molecule is CCn1cc(/C=C(\NC(=O)c2ccccc2)C(=O)N(CC(C)C)CC(C)C)c2ccccc21. The zero-order valence-corrected chi connectivity index (χ0v) is 20.3. The molecule has 0 spiro atoms. The predicted molar refractivity (Wildman–Crippen MR) is 136 cm³/mol. The molecule has 0 aliphatic carbocycles. The van der Waals surface area contributed by atoms with E-state index in [1.165, 1.54) is 0 Å². The Morgan fingerprint density at radius 2 is 1.55 bits per heavy atom. The number of rotatable bonds is 9. The molecule has 3 rings (SSSR count). The van der Waals surface area contributed by atoms with Gasteiger partial charge in [-0.05, 0) is 43.0 Å². The van der Waals surface area contributed by atoms with Gasteiger partial charge in [0, 0.05) is 47.9 Å². The van der Waals surface area contributed by atoms with E-state index < -0.39 is 0 Å². The van der Waals surface area contributed by atoms with Crippen LogP contribution in [0.3, 0.4) is 0 Å². The van der Waals surface area contributed by atoms with Crippen LogP contribution < -0.4 is 5.32 Å². The summed E-state index contributed by atoms with van der Waals surface area (Å²) in [4.78, 5) is 28.6. The number of amides is 2. The summed E-state index contributed by atoms with van der Waals surface area (Å²) in [5, 5.41) is 3.98. The molecule has 5 nitrogen and oxygen atoms in total. The number of nitrogens with zero attached hydrogens (tertiary/aromatic N) is 2. The molecule has 1 heterocycles. The summed E-state index contributed by atoms with van der Waals surface area (Å²) in [6, 6.07) is 17.1. The first-order chi connectivity index (χ1) is 15.8. The van der Waals surface area contributed by atoms with E-state index in [2.05, 4.69) is 56.6 Å². The molecule has 0 fully saturated rings. The van der Waals surface area contributed by atoms with Crippen LogP contribution in [0.1, 0.15) is 50.5 Å². The van der Waals surface area contributed by atoms with Crippen LogP contribution in [-0.4, -0.2) is 34.4 Å². The molecule has 0 saturated carbocycles. The van der Waals surface area contributed by atoms with E-state index in [0.717, 1.165) is 23.0 Å². The van der Waals surface area contributed by atoms with Gasteiger partial charge in [-0.3, -0.25) is 9.59 Å². The van der Waals surface area contributed by atoms with E-state index >= 15 is 0 Å². The maximum absolute atomic E-state index is 13.7. The van der Waals surface area contributed by atoms with E-state index in [0.29, 0.717) is 36.2 Å². The molecule has 0 aliphatic heterocycles. The molecular weight excluding hydrogens is 410 g/mol. The van der Waals surface area contributed by atoms with Crippen molar-refractivity contribution in [2.75, 3.05) is 13.1 Å². The zero-order chi connectivity index (χ0) is 24.0. The molecule has 5 heteroatoms. The molecule has 3 aromatic rings. The van der Waals surface area contributed by atoms with Gasteiger partial charge in [0.25, 0.3) is 11.8 Å². The Hall–Kier alpha value is -3.34. The van der Waals surface area contributed by atoms with Gasteiger partial charge in [-0.15, -0.1) is 0 Å². The summed E-state index contributed by atoms with van der Waals surface area (Å²) in [6.07, 6.45) is 3.87. The van der Waals surface area contributed by atoms with Gasteiger partial charge >= 0.3 is 0 Å². The maximum atomic E-state index is 13.7. The summed E-state index contributed by atoms with van der Waals surface area (Å²) in [5.41, 5.74) is 2.84. The lowest BCUT2D eigenvalue weighted by Crippen LogP contribution is -2.42. The van der Waals surface area contributed by atoms with Crippen molar-refractivity contribution in [3.63, 3.8) is 0 Å².